The molecule has 0 fully saturated rings. The van der Waals surface area contributed by atoms with Crippen LogP contribution in [0.5, 0.6) is 0 Å². The number of amides is 1. The number of ether oxygens (including phenoxy) is 1. The summed E-state index contributed by atoms with van der Waals surface area (Å²) in [5, 5.41) is 2.93. The quantitative estimate of drug-likeness (QED) is 0.296. The zero-order valence-corrected chi connectivity index (χ0v) is 17.9. The van der Waals surface area contributed by atoms with Crippen LogP contribution in [0.2, 0.25) is 0 Å². The minimum Gasteiger partial charge on any atom is -0.481 e. The SMILES string of the molecule is CO/C(=N\c1ccc(Cc2ccc(NC(=O)c3ccccc3)cc2)cc1)c1ccccc1. The highest BCUT2D eigenvalue weighted by molar-refractivity contribution is 6.04. The van der Waals surface area contributed by atoms with Gasteiger partial charge in [0, 0.05) is 16.8 Å². The second kappa shape index (κ2) is 10.2. The van der Waals surface area contributed by atoms with Crippen molar-refractivity contribution in [3.8, 4) is 0 Å². The molecule has 158 valence electrons. The van der Waals surface area contributed by atoms with Gasteiger partial charge in [0.25, 0.3) is 5.91 Å². The van der Waals surface area contributed by atoms with E-state index in [0.29, 0.717) is 11.5 Å². The van der Waals surface area contributed by atoms with Gasteiger partial charge in [-0.3, -0.25) is 4.79 Å². The molecule has 0 aliphatic rings. The van der Waals surface area contributed by atoms with Crippen LogP contribution in [0.1, 0.15) is 27.0 Å². The molecule has 4 nitrogen and oxygen atoms in total. The van der Waals surface area contributed by atoms with Crippen LogP contribution in [0.4, 0.5) is 11.4 Å². The van der Waals surface area contributed by atoms with Crippen molar-refractivity contribution >= 4 is 23.2 Å². The number of carbonyl (C=O) groups excluding carboxylic acids is 1. The van der Waals surface area contributed by atoms with Crippen LogP contribution in [0.3, 0.4) is 0 Å². The molecule has 4 aromatic rings. The van der Waals surface area contributed by atoms with Gasteiger partial charge in [0.2, 0.25) is 5.90 Å². The van der Waals surface area contributed by atoms with Gasteiger partial charge in [0.05, 0.1) is 12.8 Å². The third-order valence-corrected chi connectivity index (χ3v) is 5.04. The van der Waals surface area contributed by atoms with Gasteiger partial charge >= 0.3 is 0 Å². The van der Waals surface area contributed by atoms with Crippen LogP contribution in [0.25, 0.3) is 0 Å². The molecule has 0 radical (unpaired) electrons. The minimum absolute atomic E-state index is 0.111. The Balaban J connectivity index is 1.39. The summed E-state index contributed by atoms with van der Waals surface area (Å²) in [6.07, 6.45) is 0.798. The van der Waals surface area contributed by atoms with E-state index in [0.717, 1.165) is 23.4 Å². The molecule has 4 heteroatoms. The van der Waals surface area contributed by atoms with Crippen molar-refractivity contribution in [2.45, 2.75) is 6.42 Å². The summed E-state index contributed by atoms with van der Waals surface area (Å²) < 4.78 is 5.45. The first-order valence-electron chi connectivity index (χ1n) is 10.4. The fraction of sp³-hybridized carbons (Fsp3) is 0.0714. The third kappa shape index (κ3) is 5.49. The molecule has 0 aliphatic carbocycles. The van der Waals surface area contributed by atoms with Crippen molar-refractivity contribution in [1.29, 1.82) is 0 Å². The Morgan fingerprint density at radius 3 is 1.81 bits per heavy atom. The molecule has 4 aromatic carbocycles. The fourth-order valence-corrected chi connectivity index (χ4v) is 3.35. The van der Waals surface area contributed by atoms with E-state index in [1.807, 2.05) is 84.9 Å². The Morgan fingerprint density at radius 1 is 0.719 bits per heavy atom. The topological polar surface area (TPSA) is 50.7 Å². The van der Waals surface area contributed by atoms with Gasteiger partial charge in [-0.2, -0.15) is 0 Å². The van der Waals surface area contributed by atoms with Gasteiger partial charge in [-0.05, 0) is 66.1 Å². The molecule has 0 aromatic heterocycles. The summed E-state index contributed by atoms with van der Waals surface area (Å²) in [6, 6.07) is 35.1. The van der Waals surface area contributed by atoms with Gasteiger partial charge in [-0.15, -0.1) is 0 Å². The summed E-state index contributed by atoms with van der Waals surface area (Å²) in [7, 11) is 1.63. The highest BCUT2D eigenvalue weighted by Crippen LogP contribution is 2.19. The molecule has 0 bridgehead atoms. The Bertz CT molecular complexity index is 1180. The standard InChI is InChI=1S/C28H24N2O2/c1-32-28(24-10-6-3-7-11-24)30-26-18-14-22(15-19-26)20-21-12-16-25(17-13-21)29-27(31)23-8-4-2-5-9-23/h2-19H,20H2,1H3,(H,29,31)/b30-28-. The van der Waals surface area contributed by atoms with Crippen molar-refractivity contribution in [2.24, 2.45) is 4.99 Å². The van der Waals surface area contributed by atoms with Crippen LogP contribution in [-0.2, 0) is 11.2 Å². The van der Waals surface area contributed by atoms with Crippen molar-refractivity contribution in [3.05, 3.63) is 131 Å². The average molecular weight is 421 g/mol. The zero-order valence-electron chi connectivity index (χ0n) is 17.9. The number of anilines is 1. The number of benzene rings is 4. The maximum atomic E-state index is 12.3. The lowest BCUT2D eigenvalue weighted by Crippen LogP contribution is -2.11. The third-order valence-electron chi connectivity index (χ3n) is 5.04. The maximum absolute atomic E-state index is 12.3. The van der Waals surface area contributed by atoms with Crippen LogP contribution >= 0.6 is 0 Å². The van der Waals surface area contributed by atoms with E-state index in [1.54, 1.807) is 19.2 Å². The summed E-state index contributed by atoms with van der Waals surface area (Å²) in [5.41, 5.74) is 5.56. The number of rotatable bonds is 6. The van der Waals surface area contributed by atoms with E-state index < -0.39 is 0 Å². The highest BCUT2D eigenvalue weighted by atomic mass is 16.5. The predicted octanol–water partition coefficient (Wildman–Crippen LogP) is 6.25. The van der Waals surface area contributed by atoms with Crippen molar-refractivity contribution in [2.75, 3.05) is 12.4 Å². The molecule has 0 saturated heterocycles. The Hall–Kier alpha value is -4.18. The fourth-order valence-electron chi connectivity index (χ4n) is 3.35. The van der Waals surface area contributed by atoms with Gasteiger partial charge < -0.3 is 10.1 Å². The second-order valence-corrected chi connectivity index (χ2v) is 7.35. The second-order valence-electron chi connectivity index (χ2n) is 7.35. The average Bonchev–Trinajstić information content (AvgIpc) is 2.86. The Kier molecular flexibility index (Phi) is 6.73. The molecule has 0 aliphatic heterocycles. The first kappa shape index (κ1) is 21.1. The molecule has 1 N–H and O–H groups in total. The molecular formula is C28H24N2O2. The van der Waals surface area contributed by atoms with E-state index in [9.17, 15) is 4.79 Å². The maximum Gasteiger partial charge on any atom is 0.255 e. The summed E-state index contributed by atoms with van der Waals surface area (Å²) in [5.74, 6) is 0.479. The molecular weight excluding hydrogens is 396 g/mol. The Labute approximate surface area is 188 Å². The lowest BCUT2D eigenvalue weighted by atomic mass is 10.0. The zero-order chi connectivity index (χ0) is 22.2. The summed E-state index contributed by atoms with van der Waals surface area (Å²) in [6.45, 7) is 0. The van der Waals surface area contributed by atoms with E-state index in [-0.39, 0.29) is 5.91 Å². The summed E-state index contributed by atoms with van der Waals surface area (Å²) >= 11 is 0. The number of nitrogens with zero attached hydrogens (tertiary/aromatic N) is 1. The van der Waals surface area contributed by atoms with Crippen LogP contribution in [0, 0.1) is 0 Å². The van der Waals surface area contributed by atoms with E-state index in [2.05, 4.69) is 22.4 Å². The summed E-state index contributed by atoms with van der Waals surface area (Å²) in [4.78, 5) is 16.9. The van der Waals surface area contributed by atoms with Crippen molar-refractivity contribution < 1.29 is 9.53 Å². The number of nitrogens with one attached hydrogen (secondary N) is 1. The van der Waals surface area contributed by atoms with E-state index in [4.69, 9.17) is 4.74 Å². The number of aliphatic imine (C=N–C) groups is 1. The van der Waals surface area contributed by atoms with Crippen LogP contribution in [-0.4, -0.2) is 18.9 Å². The van der Waals surface area contributed by atoms with Gasteiger partial charge in [-0.25, -0.2) is 4.99 Å². The lowest BCUT2D eigenvalue weighted by molar-refractivity contribution is 0.102. The first-order valence-corrected chi connectivity index (χ1v) is 10.4. The normalized spacial score (nSPS) is 11.1. The van der Waals surface area contributed by atoms with Crippen LogP contribution < -0.4 is 5.32 Å². The predicted molar refractivity (Wildman–Crippen MR) is 130 cm³/mol. The minimum atomic E-state index is -0.111. The van der Waals surface area contributed by atoms with Crippen molar-refractivity contribution in [1.82, 2.24) is 0 Å². The van der Waals surface area contributed by atoms with Crippen LogP contribution in [0.15, 0.2) is 114 Å². The molecule has 0 saturated carbocycles. The van der Waals surface area contributed by atoms with Crippen molar-refractivity contribution in [3.63, 3.8) is 0 Å². The monoisotopic (exact) mass is 420 g/mol. The van der Waals surface area contributed by atoms with E-state index >= 15 is 0 Å². The van der Waals surface area contributed by atoms with Gasteiger partial charge in [0.1, 0.15) is 0 Å². The largest absolute Gasteiger partial charge is 0.481 e. The molecule has 0 spiro atoms. The number of carbonyl (C=O) groups is 1. The van der Waals surface area contributed by atoms with E-state index in [1.165, 1.54) is 11.1 Å². The lowest BCUT2D eigenvalue weighted by Gasteiger charge is -2.08. The Morgan fingerprint density at radius 2 is 1.25 bits per heavy atom. The molecule has 32 heavy (non-hydrogen) atoms. The molecule has 1 amide bonds. The highest BCUT2D eigenvalue weighted by Gasteiger charge is 2.06. The smallest absolute Gasteiger partial charge is 0.255 e. The molecule has 4 rings (SSSR count). The first-order chi connectivity index (χ1) is 15.7. The number of methoxy groups -OCH3 is 1. The molecule has 0 heterocycles. The number of hydrogen-bond acceptors (Lipinski definition) is 3. The van der Waals surface area contributed by atoms with Gasteiger partial charge in [0.15, 0.2) is 0 Å². The molecule has 0 atom stereocenters. The molecule has 0 unspecified atom stereocenters. The van der Waals surface area contributed by atoms with Gasteiger partial charge in [-0.1, -0.05) is 60.7 Å². The number of hydrogen-bond donors (Lipinski definition) is 1.